The lowest BCUT2D eigenvalue weighted by molar-refractivity contribution is 0.308. The summed E-state index contributed by atoms with van der Waals surface area (Å²) in [5.74, 6) is 0.914. The van der Waals surface area contributed by atoms with Crippen molar-refractivity contribution >= 4 is 0 Å². The summed E-state index contributed by atoms with van der Waals surface area (Å²) in [5, 5.41) is 0. The van der Waals surface area contributed by atoms with Crippen molar-refractivity contribution < 1.29 is 4.74 Å². The average Bonchev–Trinajstić information content (AvgIpc) is 2.45. The molecule has 0 aliphatic heterocycles. The summed E-state index contributed by atoms with van der Waals surface area (Å²) >= 11 is 0. The van der Waals surface area contributed by atoms with Gasteiger partial charge in [-0.2, -0.15) is 0 Å². The lowest BCUT2D eigenvalue weighted by Gasteiger charge is -2.11. The van der Waals surface area contributed by atoms with Crippen LogP contribution < -0.4 is 10.5 Å². The van der Waals surface area contributed by atoms with E-state index < -0.39 is 0 Å². The first-order valence-corrected chi connectivity index (χ1v) is 6.61. The standard InChI is InChI=1S/C16H20N2O/c1-13-4-5-15(12-17)16(11-13)19-10-2-3-14-6-8-18-9-7-14/h4-9,11H,2-3,10,12,17H2,1H3. The van der Waals surface area contributed by atoms with Gasteiger partial charge in [0.1, 0.15) is 5.75 Å². The lowest BCUT2D eigenvalue weighted by atomic mass is 10.1. The highest BCUT2D eigenvalue weighted by Gasteiger charge is 2.02. The number of aryl methyl sites for hydroxylation is 2. The number of nitrogens with two attached hydrogens (primary N) is 1. The molecule has 0 amide bonds. The maximum Gasteiger partial charge on any atom is 0.124 e. The molecule has 0 aliphatic carbocycles. The van der Waals surface area contributed by atoms with Crippen LogP contribution in [-0.4, -0.2) is 11.6 Å². The molecule has 1 heterocycles. The van der Waals surface area contributed by atoms with Gasteiger partial charge in [0, 0.05) is 24.5 Å². The van der Waals surface area contributed by atoms with Crippen molar-refractivity contribution in [1.82, 2.24) is 4.98 Å². The molecule has 0 saturated heterocycles. The lowest BCUT2D eigenvalue weighted by Crippen LogP contribution is -2.05. The van der Waals surface area contributed by atoms with Crippen LogP contribution in [0.15, 0.2) is 42.7 Å². The van der Waals surface area contributed by atoms with Gasteiger partial charge in [0.15, 0.2) is 0 Å². The zero-order chi connectivity index (χ0) is 13.5. The highest BCUT2D eigenvalue weighted by molar-refractivity contribution is 5.36. The predicted octanol–water partition coefficient (Wildman–Crippen LogP) is 2.86. The number of rotatable bonds is 6. The Hall–Kier alpha value is -1.87. The second-order valence-corrected chi connectivity index (χ2v) is 4.62. The normalized spacial score (nSPS) is 10.4. The Labute approximate surface area is 114 Å². The number of pyridine rings is 1. The van der Waals surface area contributed by atoms with Gasteiger partial charge in [-0.3, -0.25) is 4.98 Å². The summed E-state index contributed by atoms with van der Waals surface area (Å²) in [7, 11) is 0. The molecule has 0 bridgehead atoms. The van der Waals surface area contributed by atoms with Crippen molar-refractivity contribution in [2.75, 3.05) is 6.61 Å². The predicted molar refractivity (Wildman–Crippen MR) is 77.1 cm³/mol. The summed E-state index contributed by atoms with van der Waals surface area (Å²) in [6.45, 7) is 3.28. The molecule has 0 atom stereocenters. The SMILES string of the molecule is Cc1ccc(CN)c(OCCCc2ccncc2)c1. The topological polar surface area (TPSA) is 48.1 Å². The third-order valence-corrected chi connectivity index (χ3v) is 3.06. The Kier molecular flexibility index (Phi) is 4.93. The van der Waals surface area contributed by atoms with Crippen LogP contribution in [0.2, 0.25) is 0 Å². The molecule has 3 nitrogen and oxygen atoms in total. The van der Waals surface area contributed by atoms with Crippen LogP contribution in [0.1, 0.15) is 23.1 Å². The molecule has 2 rings (SSSR count). The van der Waals surface area contributed by atoms with E-state index in [0.29, 0.717) is 13.2 Å². The second kappa shape index (κ2) is 6.90. The van der Waals surface area contributed by atoms with Gasteiger partial charge in [-0.05, 0) is 49.1 Å². The van der Waals surface area contributed by atoms with Crippen molar-refractivity contribution in [2.45, 2.75) is 26.3 Å². The minimum absolute atomic E-state index is 0.514. The number of aromatic nitrogens is 1. The van der Waals surface area contributed by atoms with Crippen LogP contribution in [0.25, 0.3) is 0 Å². The third-order valence-electron chi connectivity index (χ3n) is 3.06. The number of hydrogen-bond acceptors (Lipinski definition) is 3. The fourth-order valence-electron chi connectivity index (χ4n) is 1.97. The molecule has 0 spiro atoms. The molecular formula is C16H20N2O. The van der Waals surface area contributed by atoms with E-state index in [1.54, 1.807) is 0 Å². The fraction of sp³-hybridized carbons (Fsp3) is 0.312. The van der Waals surface area contributed by atoms with Crippen LogP contribution in [0.4, 0.5) is 0 Å². The quantitative estimate of drug-likeness (QED) is 0.808. The first-order valence-electron chi connectivity index (χ1n) is 6.61. The maximum atomic E-state index is 5.83. The molecule has 2 N–H and O–H groups in total. The highest BCUT2D eigenvalue weighted by Crippen LogP contribution is 2.20. The van der Waals surface area contributed by atoms with E-state index in [1.807, 2.05) is 30.6 Å². The summed E-state index contributed by atoms with van der Waals surface area (Å²) in [5.41, 5.74) is 9.26. The smallest absolute Gasteiger partial charge is 0.124 e. The highest BCUT2D eigenvalue weighted by atomic mass is 16.5. The molecule has 3 heteroatoms. The summed E-state index contributed by atoms with van der Waals surface area (Å²) < 4.78 is 5.83. The molecule has 0 radical (unpaired) electrons. The Morgan fingerprint density at radius 3 is 2.68 bits per heavy atom. The van der Waals surface area contributed by atoms with E-state index in [4.69, 9.17) is 10.5 Å². The Morgan fingerprint density at radius 1 is 1.16 bits per heavy atom. The molecular weight excluding hydrogens is 236 g/mol. The van der Waals surface area contributed by atoms with Gasteiger partial charge in [-0.1, -0.05) is 12.1 Å². The van der Waals surface area contributed by atoms with Crippen LogP contribution in [0.5, 0.6) is 5.75 Å². The van der Waals surface area contributed by atoms with E-state index in [-0.39, 0.29) is 0 Å². The van der Waals surface area contributed by atoms with Crippen molar-refractivity contribution in [1.29, 1.82) is 0 Å². The minimum Gasteiger partial charge on any atom is -0.493 e. The molecule has 1 aromatic carbocycles. The first kappa shape index (κ1) is 13.6. The first-order chi connectivity index (χ1) is 9.29. The van der Waals surface area contributed by atoms with Gasteiger partial charge in [0.25, 0.3) is 0 Å². The zero-order valence-electron chi connectivity index (χ0n) is 11.3. The number of ether oxygens (including phenoxy) is 1. The van der Waals surface area contributed by atoms with E-state index in [1.165, 1.54) is 11.1 Å². The number of benzene rings is 1. The Balaban J connectivity index is 1.84. The molecule has 100 valence electrons. The summed E-state index contributed by atoms with van der Waals surface area (Å²) in [6.07, 6.45) is 5.64. The monoisotopic (exact) mass is 256 g/mol. The minimum atomic E-state index is 0.514. The maximum absolute atomic E-state index is 5.83. The zero-order valence-corrected chi connectivity index (χ0v) is 11.3. The van der Waals surface area contributed by atoms with Gasteiger partial charge in [0.05, 0.1) is 6.61 Å². The van der Waals surface area contributed by atoms with Crippen LogP contribution >= 0.6 is 0 Å². The molecule has 0 fully saturated rings. The molecule has 19 heavy (non-hydrogen) atoms. The molecule has 0 unspecified atom stereocenters. The summed E-state index contributed by atoms with van der Waals surface area (Å²) in [6, 6.07) is 10.2. The van der Waals surface area contributed by atoms with Gasteiger partial charge in [-0.25, -0.2) is 0 Å². The largest absolute Gasteiger partial charge is 0.493 e. The number of hydrogen-bond donors (Lipinski definition) is 1. The molecule has 0 aliphatic rings. The van der Waals surface area contributed by atoms with Gasteiger partial charge >= 0.3 is 0 Å². The van der Waals surface area contributed by atoms with Crippen molar-refractivity contribution in [3.63, 3.8) is 0 Å². The van der Waals surface area contributed by atoms with Gasteiger partial charge < -0.3 is 10.5 Å². The third kappa shape index (κ3) is 4.07. The van der Waals surface area contributed by atoms with E-state index in [0.717, 1.165) is 24.2 Å². The second-order valence-electron chi connectivity index (χ2n) is 4.62. The average molecular weight is 256 g/mol. The molecule has 2 aromatic rings. The van der Waals surface area contributed by atoms with Crippen LogP contribution in [0, 0.1) is 6.92 Å². The Morgan fingerprint density at radius 2 is 1.95 bits per heavy atom. The molecule has 0 saturated carbocycles. The number of nitrogens with zero attached hydrogens (tertiary/aromatic N) is 1. The van der Waals surface area contributed by atoms with Crippen LogP contribution in [-0.2, 0) is 13.0 Å². The Bertz CT molecular complexity index is 511. The van der Waals surface area contributed by atoms with Crippen molar-refractivity contribution in [3.05, 3.63) is 59.4 Å². The van der Waals surface area contributed by atoms with Gasteiger partial charge in [0.2, 0.25) is 0 Å². The van der Waals surface area contributed by atoms with E-state index >= 15 is 0 Å². The summed E-state index contributed by atoms with van der Waals surface area (Å²) in [4.78, 5) is 4.01. The fourth-order valence-corrected chi connectivity index (χ4v) is 1.97. The molecule has 1 aromatic heterocycles. The van der Waals surface area contributed by atoms with E-state index in [9.17, 15) is 0 Å². The van der Waals surface area contributed by atoms with Crippen molar-refractivity contribution in [2.24, 2.45) is 5.73 Å². The van der Waals surface area contributed by atoms with Gasteiger partial charge in [-0.15, -0.1) is 0 Å². The van der Waals surface area contributed by atoms with E-state index in [2.05, 4.69) is 24.0 Å². The van der Waals surface area contributed by atoms with Crippen LogP contribution in [0.3, 0.4) is 0 Å². The van der Waals surface area contributed by atoms with Crippen molar-refractivity contribution in [3.8, 4) is 5.75 Å².